The minimum absolute atomic E-state index is 0.203. The van der Waals surface area contributed by atoms with Crippen LogP contribution >= 0.6 is 11.6 Å². The van der Waals surface area contributed by atoms with E-state index in [4.69, 9.17) is 21.1 Å². The summed E-state index contributed by atoms with van der Waals surface area (Å²) >= 11 is 6.13. The van der Waals surface area contributed by atoms with Crippen LogP contribution in [0.1, 0.15) is 48.9 Å². The Morgan fingerprint density at radius 1 is 0.857 bits per heavy atom. The average Bonchev–Trinajstić information content (AvgIpc) is 3.52. The zero-order chi connectivity index (χ0) is 39.9. The number of benzene rings is 4. The molecule has 300 valence electrons. The van der Waals surface area contributed by atoms with Gasteiger partial charge in [-0.2, -0.15) is 18.3 Å². The number of rotatable bonds is 16. The summed E-state index contributed by atoms with van der Waals surface area (Å²) in [6.45, 7) is 8.26. The van der Waals surface area contributed by atoms with E-state index in [-0.39, 0.29) is 11.8 Å². The van der Waals surface area contributed by atoms with Crippen LogP contribution in [0.4, 0.5) is 18.9 Å². The monoisotopic (exact) mass is 794 g/mol. The lowest BCUT2D eigenvalue weighted by atomic mass is 10.1. The molecule has 1 aliphatic heterocycles. The molecule has 0 spiro atoms. The molecule has 4 aromatic carbocycles. The summed E-state index contributed by atoms with van der Waals surface area (Å²) in [5, 5.41) is 18.3. The Morgan fingerprint density at radius 2 is 1.54 bits per heavy atom. The molecule has 2 N–H and O–H groups in total. The van der Waals surface area contributed by atoms with Crippen LogP contribution in [0.2, 0.25) is 5.02 Å². The lowest BCUT2D eigenvalue weighted by Crippen LogP contribution is -2.46. The van der Waals surface area contributed by atoms with Crippen molar-refractivity contribution in [1.29, 1.82) is 0 Å². The molecule has 0 unspecified atom stereocenters. The van der Waals surface area contributed by atoms with Crippen LogP contribution in [0, 0.1) is 0 Å². The van der Waals surface area contributed by atoms with E-state index >= 15 is 0 Å². The second-order valence-electron chi connectivity index (χ2n) is 13.4. The first kappa shape index (κ1) is 42.3. The number of aliphatic hydroxyl groups excluding tert-OH is 1. The SMILES string of the molecule is CNCC[C@@H](Oc1ccc(C(F)(F)F)cc1)c1ccccc1.C[C@@H](O)c1nn(CCCN2CCN(c3cccc(Cl)c3)CC2)c(=O)n1CCOc1ccccc1. The third kappa shape index (κ3) is 12.6. The summed E-state index contributed by atoms with van der Waals surface area (Å²) in [5.74, 6) is 1.55. The Balaban J connectivity index is 0.000000236. The molecule has 56 heavy (non-hydrogen) atoms. The Kier molecular flexibility index (Phi) is 15.8. The van der Waals surface area contributed by atoms with E-state index in [1.165, 1.54) is 21.4 Å². The van der Waals surface area contributed by atoms with E-state index in [0.29, 0.717) is 31.3 Å². The van der Waals surface area contributed by atoms with Crippen molar-refractivity contribution in [3.05, 3.63) is 142 Å². The van der Waals surface area contributed by atoms with Gasteiger partial charge in [0.25, 0.3) is 0 Å². The molecule has 14 heteroatoms. The molecule has 10 nitrogen and oxygen atoms in total. The van der Waals surface area contributed by atoms with Crippen molar-refractivity contribution in [1.82, 2.24) is 24.6 Å². The summed E-state index contributed by atoms with van der Waals surface area (Å²) < 4.78 is 52.3. The number of para-hydroxylation sites is 1. The van der Waals surface area contributed by atoms with E-state index in [1.807, 2.05) is 85.9 Å². The first-order valence-electron chi connectivity index (χ1n) is 18.8. The fraction of sp³-hybridized carbons (Fsp3) is 0.381. The van der Waals surface area contributed by atoms with Gasteiger partial charge in [0.1, 0.15) is 30.3 Å². The minimum Gasteiger partial charge on any atom is -0.492 e. The molecule has 5 aromatic rings. The van der Waals surface area contributed by atoms with Gasteiger partial charge < -0.3 is 24.8 Å². The van der Waals surface area contributed by atoms with Crippen LogP contribution in [0.5, 0.6) is 11.5 Å². The molecule has 2 heterocycles. The van der Waals surface area contributed by atoms with Crippen molar-refractivity contribution >= 4 is 17.3 Å². The fourth-order valence-electron chi connectivity index (χ4n) is 6.36. The topological polar surface area (TPSA) is 97.0 Å². The molecule has 1 aromatic heterocycles. The number of hydrogen-bond acceptors (Lipinski definition) is 8. The molecule has 0 radical (unpaired) electrons. The van der Waals surface area contributed by atoms with E-state index in [1.54, 1.807) is 6.92 Å². The summed E-state index contributed by atoms with van der Waals surface area (Å²) in [6, 6.07) is 31.9. The number of piperazine rings is 1. The molecule has 1 saturated heterocycles. The zero-order valence-corrected chi connectivity index (χ0v) is 32.5. The number of aromatic nitrogens is 3. The maximum Gasteiger partial charge on any atom is 0.416 e. The lowest BCUT2D eigenvalue weighted by Gasteiger charge is -2.36. The van der Waals surface area contributed by atoms with Crippen LogP contribution in [0.15, 0.2) is 114 Å². The number of halogens is 4. The van der Waals surface area contributed by atoms with Crippen LogP contribution in [-0.4, -0.2) is 77.3 Å². The Hall–Kier alpha value is -4.82. The number of hydrogen-bond donors (Lipinski definition) is 2. The van der Waals surface area contributed by atoms with Crippen molar-refractivity contribution in [3.63, 3.8) is 0 Å². The number of aryl methyl sites for hydroxylation is 1. The maximum absolute atomic E-state index is 12.9. The van der Waals surface area contributed by atoms with Crippen molar-refractivity contribution < 1.29 is 27.8 Å². The molecule has 1 fully saturated rings. The van der Waals surface area contributed by atoms with Gasteiger partial charge in [0, 0.05) is 56.4 Å². The molecule has 0 saturated carbocycles. The van der Waals surface area contributed by atoms with Gasteiger partial charge in [-0.05, 0) is 87.1 Å². The standard InChI is InChI=1S/C25H32ClN5O3.C17H18F3NO/c1-20(32)24-27-31(25(33)30(24)17-18-34-23-9-3-2-4-10-23)12-6-11-28-13-15-29(16-14-28)22-8-5-7-21(26)19-22;1-21-12-11-16(13-5-3-2-4-6-13)22-15-9-7-14(8-10-15)17(18,19)20/h2-5,7-10,19-20,32H,6,11-18H2,1H3;2-10,16,21H,11-12H2,1H3/t20-;16-/m11/s1. The second kappa shape index (κ2) is 20.9. The number of alkyl halides is 3. The van der Waals surface area contributed by atoms with Crippen LogP contribution in [0.3, 0.4) is 0 Å². The van der Waals surface area contributed by atoms with Crippen molar-refractivity contribution in [3.8, 4) is 11.5 Å². The van der Waals surface area contributed by atoms with Crippen molar-refractivity contribution in [2.45, 2.75) is 51.2 Å². The highest BCUT2D eigenvalue weighted by atomic mass is 35.5. The lowest BCUT2D eigenvalue weighted by molar-refractivity contribution is -0.137. The van der Waals surface area contributed by atoms with Crippen LogP contribution < -0.4 is 25.4 Å². The Bertz CT molecular complexity index is 1950. The van der Waals surface area contributed by atoms with E-state index in [2.05, 4.69) is 26.3 Å². The average molecular weight is 795 g/mol. The molecule has 0 bridgehead atoms. The normalized spacial score (nSPS) is 14.4. The van der Waals surface area contributed by atoms with Crippen molar-refractivity contribution in [2.75, 3.05) is 57.8 Å². The third-order valence-electron chi connectivity index (χ3n) is 9.33. The maximum atomic E-state index is 12.9. The number of anilines is 1. The predicted molar refractivity (Wildman–Crippen MR) is 214 cm³/mol. The summed E-state index contributed by atoms with van der Waals surface area (Å²) in [6.07, 6.45) is -3.82. The number of nitrogens with one attached hydrogen (secondary N) is 1. The summed E-state index contributed by atoms with van der Waals surface area (Å²) in [7, 11) is 1.85. The summed E-state index contributed by atoms with van der Waals surface area (Å²) in [5.41, 5.74) is 1.27. The molecular formula is C42H50ClF3N6O4. The Morgan fingerprint density at radius 3 is 2.16 bits per heavy atom. The van der Waals surface area contributed by atoms with Crippen LogP contribution in [0.25, 0.3) is 0 Å². The van der Waals surface area contributed by atoms with Gasteiger partial charge in [-0.1, -0.05) is 66.2 Å². The number of ether oxygens (including phenoxy) is 2. The quantitative estimate of drug-likeness (QED) is 0.106. The molecule has 0 aliphatic carbocycles. The van der Waals surface area contributed by atoms with Gasteiger partial charge in [-0.25, -0.2) is 9.48 Å². The third-order valence-corrected chi connectivity index (χ3v) is 9.56. The van der Waals surface area contributed by atoms with E-state index < -0.39 is 17.8 Å². The van der Waals surface area contributed by atoms with E-state index in [0.717, 1.165) is 86.3 Å². The molecule has 2 atom stereocenters. The first-order chi connectivity index (χ1) is 27.0. The summed E-state index contributed by atoms with van der Waals surface area (Å²) in [4.78, 5) is 17.7. The van der Waals surface area contributed by atoms with Gasteiger partial charge in [0.2, 0.25) is 0 Å². The highest BCUT2D eigenvalue weighted by molar-refractivity contribution is 6.30. The van der Waals surface area contributed by atoms with Crippen LogP contribution in [-0.2, 0) is 19.3 Å². The van der Waals surface area contributed by atoms with Gasteiger partial charge >= 0.3 is 11.9 Å². The predicted octanol–water partition coefficient (Wildman–Crippen LogP) is 7.48. The first-order valence-corrected chi connectivity index (χ1v) is 19.2. The van der Waals surface area contributed by atoms with Gasteiger partial charge in [-0.3, -0.25) is 9.47 Å². The Labute approximate surface area is 331 Å². The molecule has 6 rings (SSSR count). The zero-order valence-electron chi connectivity index (χ0n) is 31.7. The molecule has 1 aliphatic rings. The van der Waals surface area contributed by atoms with Gasteiger partial charge in [-0.15, -0.1) is 0 Å². The molecule has 0 amide bonds. The highest BCUT2D eigenvalue weighted by Crippen LogP contribution is 2.32. The minimum atomic E-state index is -4.33. The number of aliphatic hydroxyl groups is 1. The van der Waals surface area contributed by atoms with Gasteiger partial charge in [0.15, 0.2) is 5.82 Å². The van der Waals surface area contributed by atoms with Crippen molar-refractivity contribution in [2.24, 2.45) is 0 Å². The highest BCUT2D eigenvalue weighted by Gasteiger charge is 2.30. The fourth-order valence-corrected chi connectivity index (χ4v) is 6.55. The second-order valence-corrected chi connectivity index (χ2v) is 13.9. The molecular weight excluding hydrogens is 745 g/mol. The van der Waals surface area contributed by atoms with Gasteiger partial charge in [0.05, 0.1) is 12.1 Å². The largest absolute Gasteiger partial charge is 0.492 e. The van der Waals surface area contributed by atoms with E-state index in [9.17, 15) is 23.1 Å². The smallest absolute Gasteiger partial charge is 0.416 e. The number of nitrogens with zero attached hydrogens (tertiary/aromatic N) is 5.